The fourth-order valence-electron chi connectivity index (χ4n) is 2.83. The summed E-state index contributed by atoms with van der Waals surface area (Å²) in [6.45, 7) is 11.4. The Morgan fingerprint density at radius 1 is 1.05 bits per heavy atom. The van der Waals surface area contributed by atoms with E-state index in [-0.39, 0.29) is 11.4 Å². The lowest BCUT2D eigenvalue weighted by Gasteiger charge is -2.22. The second-order valence-electron chi connectivity index (χ2n) is 7.78. The van der Waals surface area contributed by atoms with Gasteiger partial charge in [-0.3, -0.25) is 4.79 Å². The molecule has 0 saturated heterocycles. The average Bonchev–Trinajstić information content (AvgIpc) is 2.38. The van der Waals surface area contributed by atoms with Crippen LogP contribution in [0.15, 0.2) is 12.2 Å². The Balaban J connectivity index is 3.53. The predicted octanol–water partition coefficient (Wildman–Crippen LogP) is 6.30. The van der Waals surface area contributed by atoms with Crippen molar-refractivity contribution in [3.05, 3.63) is 12.2 Å². The standard InChI is InChI=1S/C20H38O2/c1-6-7-8-9-10-11-12-13-14-15-22-19(21)16-18(2)17-20(3,4)5/h13-14,18H,6-12,15-17H2,1-5H3/b14-13+. The summed E-state index contributed by atoms with van der Waals surface area (Å²) in [5.41, 5.74) is 0.275. The molecule has 130 valence electrons. The van der Waals surface area contributed by atoms with Gasteiger partial charge in [-0.15, -0.1) is 0 Å². The minimum Gasteiger partial charge on any atom is -0.461 e. The van der Waals surface area contributed by atoms with Gasteiger partial charge in [0.05, 0.1) is 0 Å². The Morgan fingerprint density at radius 2 is 1.68 bits per heavy atom. The van der Waals surface area contributed by atoms with Crippen LogP contribution in [0.5, 0.6) is 0 Å². The smallest absolute Gasteiger partial charge is 0.306 e. The highest BCUT2D eigenvalue weighted by Crippen LogP contribution is 2.26. The van der Waals surface area contributed by atoms with Gasteiger partial charge in [0.15, 0.2) is 0 Å². The number of unbranched alkanes of at least 4 members (excludes halogenated alkanes) is 6. The Labute approximate surface area is 138 Å². The number of carbonyl (C=O) groups excluding carboxylic acids is 1. The lowest BCUT2D eigenvalue weighted by Crippen LogP contribution is -2.15. The molecule has 0 N–H and O–H groups in total. The van der Waals surface area contributed by atoms with Crippen LogP contribution in [0.3, 0.4) is 0 Å². The van der Waals surface area contributed by atoms with Crippen LogP contribution in [-0.2, 0) is 9.53 Å². The van der Waals surface area contributed by atoms with Gasteiger partial charge < -0.3 is 4.74 Å². The van der Waals surface area contributed by atoms with E-state index in [1.54, 1.807) is 0 Å². The molecule has 0 rings (SSSR count). The summed E-state index contributed by atoms with van der Waals surface area (Å²) in [4.78, 5) is 11.7. The number of hydrogen-bond donors (Lipinski definition) is 0. The number of esters is 1. The summed E-state index contributed by atoms with van der Waals surface area (Å²) >= 11 is 0. The Hall–Kier alpha value is -0.790. The van der Waals surface area contributed by atoms with Gasteiger partial charge in [-0.25, -0.2) is 0 Å². The highest BCUT2D eigenvalue weighted by atomic mass is 16.5. The van der Waals surface area contributed by atoms with E-state index in [0.29, 0.717) is 18.9 Å². The Bertz CT molecular complexity index is 299. The molecule has 2 heteroatoms. The molecule has 1 unspecified atom stereocenters. The van der Waals surface area contributed by atoms with Gasteiger partial charge in [-0.05, 0) is 30.6 Å². The van der Waals surface area contributed by atoms with Crippen molar-refractivity contribution in [2.24, 2.45) is 11.3 Å². The number of hydrogen-bond acceptors (Lipinski definition) is 2. The molecule has 0 aliphatic heterocycles. The van der Waals surface area contributed by atoms with Gasteiger partial charge in [-0.1, -0.05) is 78.9 Å². The number of rotatable bonds is 12. The molecule has 22 heavy (non-hydrogen) atoms. The maximum absolute atomic E-state index is 11.7. The van der Waals surface area contributed by atoms with E-state index < -0.39 is 0 Å². The molecule has 0 aliphatic carbocycles. The molecule has 2 nitrogen and oxygen atoms in total. The molecule has 0 heterocycles. The topological polar surface area (TPSA) is 26.3 Å². The van der Waals surface area contributed by atoms with E-state index in [9.17, 15) is 4.79 Å². The first-order valence-corrected chi connectivity index (χ1v) is 9.15. The minimum absolute atomic E-state index is 0.0686. The second-order valence-corrected chi connectivity index (χ2v) is 7.78. The summed E-state index contributed by atoms with van der Waals surface area (Å²) in [6.07, 6.45) is 14.8. The first kappa shape index (κ1) is 21.2. The summed E-state index contributed by atoms with van der Waals surface area (Å²) in [7, 11) is 0. The Morgan fingerprint density at radius 3 is 2.32 bits per heavy atom. The van der Waals surface area contributed by atoms with Crippen molar-refractivity contribution in [1.29, 1.82) is 0 Å². The molecule has 0 amide bonds. The molecule has 0 bridgehead atoms. The van der Waals surface area contributed by atoms with Gasteiger partial charge in [0, 0.05) is 6.42 Å². The number of ether oxygens (including phenoxy) is 1. The van der Waals surface area contributed by atoms with Crippen LogP contribution >= 0.6 is 0 Å². The highest BCUT2D eigenvalue weighted by Gasteiger charge is 2.18. The van der Waals surface area contributed by atoms with Crippen molar-refractivity contribution in [3.63, 3.8) is 0 Å². The molecule has 0 aliphatic rings. The second kappa shape index (κ2) is 12.7. The third-order valence-electron chi connectivity index (χ3n) is 3.71. The molecule has 0 aromatic heterocycles. The largest absolute Gasteiger partial charge is 0.461 e. The van der Waals surface area contributed by atoms with E-state index in [1.165, 1.54) is 38.5 Å². The van der Waals surface area contributed by atoms with Crippen LogP contribution in [0.2, 0.25) is 0 Å². The lowest BCUT2D eigenvalue weighted by molar-refractivity contribution is -0.143. The monoisotopic (exact) mass is 310 g/mol. The number of carbonyl (C=O) groups is 1. The molecule has 0 spiro atoms. The quantitative estimate of drug-likeness (QED) is 0.240. The summed E-state index contributed by atoms with van der Waals surface area (Å²) in [6, 6.07) is 0. The first-order valence-electron chi connectivity index (χ1n) is 9.15. The molecular weight excluding hydrogens is 272 g/mol. The Kier molecular flexibility index (Phi) is 12.3. The van der Waals surface area contributed by atoms with Gasteiger partial charge in [0.2, 0.25) is 0 Å². The fourth-order valence-corrected chi connectivity index (χ4v) is 2.83. The summed E-state index contributed by atoms with van der Waals surface area (Å²) in [5.74, 6) is 0.320. The molecular formula is C20H38O2. The average molecular weight is 311 g/mol. The molecule has 1 atom stereocenters. The van der Waals surface area contributed by atoms with Gasteiger partial charge in [-0.2, -0.15) is 0 Å². The summed E-state index contributed by atoms with van der Waals surface area (Å²) < 4.78 is 5.26. The van der Waals surface area contributed by atoms with Gasteiger partial charge in [0.1, 0.15) is 6.61 Å². The van der Waals surface area contributed by atoms with Crippen molar-refractivity contribution in [3.8, 4) is 0 Å². The van der Waals surface area contributed by atoms with Crippen LogP contribution in [0.4, 0.5) is 0 Å². The van der Waals surface area contributed by atoms with E-state index in [0.717, 1.165) is 12.8 Å². The van der Waals surface area contributed by atoms with E-state index in [2.05, 4.69) is 40.7 Å². The van der Waals surface area contributed by atoms with E-state index >= 15 is 0 Å². The summed E-state index contributed by atoms with van der Waals surface area (Å²) in [5, 5.41) is 0. The molecule has 0 saturated carbocycles. The normalized spacial score (nSPS) is 13.5. The van der Waals surface area contributed by atoms with Crippen molar-refractivity contribution in [1.82, 2.24) is 0 Å². The van der Waals surface area contributed by atoms with Crippen molar-refractivity contribution >= 4 is 5.97 Å². The fraction of sp³-hybridized carbons (Fsp3) is 0.850. The third kappa shape index (κ3) is 15.6. The minimum atomic E-state index is -0.0686. The number of allylic oxidation sites excluding steroid dienone is 1. The van der Waals surface area contributed by atoms with Crippen molar-refractivity contribution < 1.29 is 9.53 Å². The third-order valence-corrected chi connectivity index (χ3v) is 3.71. The van der Waals surface area contributed by atoms with Gasteiger partial charge >= 0.3 is 5.97 Å². The van der Waals surface area contributed by atoms with Crippen molar-refractivity contribution in [2.45, 2.75) is 92.4 Å². The SMILES string of the molecule is CCCCCCCC/C=C/COC(=O)CC(C)CC(C)(C)C. The first-order chi connectivity index (χ1) is 10.3. The van der Waals surface area contributed by atoms with Crippen LogP contribution in [0, 0.1) is 11.3 Å². The van der Waals surface area contributed by atoms with Crippen LogP contribution in [0.25, 0.3) is 0 Å². The lowest BCUT2D eigenvalue weighted by atomic mass is 9.84. The zero-order valence-corrected chi connectivity index (χ0v) is 15.6. The maximum atomic E-state index is 11.7. The maximum Gasteiger partial charge on any atom is 0.306 e. The molecule has 0 aromatic rings. The van der Waals surface area contributed by atoms with E-state index in [4.69, 9.17) is 4.74 Å². The molecule has 0 aromatic carbocycles. The zero-order valence-electron chi connectivity index (χ0n) is 15.6. The van der Waals surface area contributed by atoms with Gasteiger partial charge in [0.25, 0.3) is 0 Å². The highest BCUT2D eigenvalue weighted by molar-refractivity contribution is 5.69. The van der Waals surface area contributed by atoms with Crippen LogP contribution in [-0.4, -0.2) is 12.6 Å². The predicted molar refractivity (Wildman–Crippen MR) is 95.9 cm³/mol. The zero-order chi connectivity index (χ0) is 16.8. The molecule has 0 radical (unpaired) electrons. The van der Waals surface area contributed by atoms with Crippen molar-refractivity contribution in [2.75, 3.05) is 6.61 Å². The van der Waals surface area contributed by atoms with Crippen LogP contribution in [0.1, 0.15) is 92.4 Å². The van der Waals surface area contributed by atoms with E-state index in [1.807, 2.05) is 6.08 Å². The molecule has 0 fully saturated rings. The van der Waals surface area contributed by atoms with Crippen LogP contribution < -0.4 is 0 Å².